The highest BCUT2D eigenvalue weighted by atomic mass is 32.2. The van der Waals surface area contributed by atoms with Gasteiger partial charge in [-0.15, -0.1) is 0 Å². The summed E-state index contributed by atoms with van der Waals surface area (Å²) < 4.78 is 12.0. The van der Waals surface area contributed by atoms with Crippen LogP contribution >= 0.6 is 11.8 Å². The molecule has 0 unspecified atom stereocenters. The number of carboxylic acids is 1. The van der Waals surface area contributed by atoms with Crippen LogP contribution in [-0.4, -0.2) is 33.7 Å². The Balaban J connectivity index is 1.57. The molecule has 0 radical (unpaired) electrons. The molecule has 0 bridgehead atoms. The Morgan fingerprint density at radius 1 is 0.853 bits per heavy atom. The molecule has 1 N–H and O–H groups in total. The molecule has 4 rings (SSSR count). The first-order chi connectivity index (χ1) is 16.5. The normalized spacial score (nSPS) is 14.5. The van der Waals surface area contributed by atoms with Crippen LogP contribution in [0.25, 0.3) is 6.08 Å². The summed E-state index contributed by atoms with van der Waals surface area (Å²) in [5, 5.41) is 8.32. The first-order valence-corrected chi connectivity index (χ1v) is 11.3. The zero-order chi connectivity index (χ0) is 23.9. The van der Waals surface area contributed by atoms with E-state index >= 15 is 0 Å². The quantitative estimate of drug-likeness (QED) is 0.437. The summed E-state index contributed by atoms with van der Waals surface area (Å²) in [5.41, 5.74) is 2.61. The number of carboxylic acid groups (broad SMARTS) is 1. The molecular weight excluding hydrogens is 454 g/mol. The van der Waals surface area contributed by atoms with E-state index in [9.17, 15) is 14.4 Å². The second kappa shape index (κ2) is 10.7. The smallest absolute Gasteiger partial charge is 0.323 e. The van der Waals surface area contributed by atoms with Gasteiger partial charge in [-0.25, -0.2) is 0 Å². The SMILES string of the molecule is O=C(O)CN1C(=O)S/C(=C\c2ccc(OCc3ccccc3)c(OCc3ccccc3)c2)C1=O. The van der Waals surface area contributed by atoms with Crippen LogP contribution < -0.4 is 9.47 Å². The molecule has 0 aliphatic carbocycles. The maximum atomic E-state index is 12.5. The molecular formula is C26H21NO6S. The van der Waals surface area contributed by atoms with Crippen LogP contribution in [0.2, 0.25) is 0 Å². The third-order valence-corrected chi connectivity index (χ3v) is 5.81. The summed E-state index contributed by atoms with van der Waals surface area (Å²) in [6.45, 7) is 0.0107. The number of benzene rings is 3. The number of imide groups is 1. The number of carbonyl (C=O) groups is 3. The van der Waals surface area contributed by atoms with Crippen molar-refractivity contribution in [3.63, 3.8) is 0 Å². The Kier molecular flexibility index (Phi) is 7.29. The van der Waals surface area contributed by atoms with Crippen molar-refractivity contribution >= 4 is 35.0 Å². The van der Waals surface area contributed by atoms with E-state index in [1.54, 1.807) is 24.3 Å². The number of amides is 2. The van der Waals surface area contributed by atoms with E-state index in [1.165, 1.54) is 0 Å². The molecule has 0 atom stereocenters. The predicted molar refractivity (Wildman–Crippen MR) is 128 cm³/mol. The van der Waals surface area contributed by atoms with E-state index < -0.39 is 23.7 Å². The van der Waals surface area contributed by atoms with E-state index in [-0.39, 0.29) is 4.91 Å². The summed E-state index contributed by atoms with van der Waals surface area (Å²) in [4.78, 5) is 36.3. The average molecular weight is 476 g/mol. The van der Waals surface area contributed by atoms with Crippen molar-refractivity contribution in [1.29, 1.82) is 0 Å². The molecule has 1 aliphatic heterocycles. The second-order valence-electron chi connectivity index (χ2n) is 7.42. The lowest BCUT2D eigenvalue weighted by molar-refractivity contribution is -0.140. The van der Waals surface area contributed by atoms with Crippen LogP contribution in [0.1, 0.15) is 16.7 Å². The van der Waals surface area contributed by atoms with Gasteiger partial charge in [0.15, 0.2) is 11.5 Å². The van der Waals surface area contributed by atoms with Crippen LogP contribution in [0.4, 0.5) is 4.79 Å². The molecule has 8 heteroatoms. The Morgan fingerprint density at radius 3 is 2.03 bits per heavy atom. The molecule has 7 nitrogen and oxygen atoms in total. The van der Waals surface area contributed by atoms with Gasteiger partial charge in [0.1, 0.15) is 19.8 Å². The third-order valence-electron chi connectivity index (χ3n) is 4.91. The fraction of sp³-hybridized carbons (Fsp3) is 0.115. The van der Waals surface area contributed by atoms with Gasteiger partial charge in [0.25, 0.3) is 11.1 Å². The van der Waals surface area contributed by atoms with Crippen LogP contribution in [0.15, 0.2) is 83.8 Å². The summed E-state index contributed by atoms with van der Waals surface area (Å²) in [6, 6.07) is 24.6. The third kappa shape index (κ3) is 5.85. The van der Waals surface area contributed by atoms with Gasteiger partial charge in [0, 0.05) is 0 Å². The summed E-state index contributed by atoms with van der Waals surface area (Å²) >= 11 is 0.710. The van der Waals surface area contributed by atoms with Crippen molar-refractivity contribution in [2.24, 2.45) is 0 Å². The van der Waals surface area contributed by atoms with Crippen molar-refractivity contribution in [2.75, 3.05) is 6.54 Å². The summed E-state index contributed by atoms with van der Waals surface area (Å²) in [7, 11) is 0. The maximum Gasteiger partial charge on any atom is 0.323 e. The first kappa shape index (κ1) is 23.1. The molecule has 1 heterocycles. The van der Waals surface area contributed by atoms with Crippen molar-refractivity contribution in [3.05, 3.63) is 100 Å². The number of nitrogens with zero attached hydrogens (tertiary/aromatic N) is 1. The summed E-state index contributed by atoms with van der Waals surface area (Å²) in [6.07, 6.45) is 1.54. The number of rotatable bonds is 9. The average Bonchev–Trinajstić information content (AvgIpc) is 3.10. The Bertz CT molecular complexity index is 1230. The van der Waals surface area contributed by atoms with E-state index in [0.29, 0.717) is 46.9 Å². The van der Waals surface area contributed by atoms with Gasteiger partial charge in [-0.05, 0) is 46.7 Å². The summed E-state index contributed by atoms with van der Waals surface area (Å²) in [5.74, 6) is -0.858. The zero-order valence-electron chi connectivity index (χ0n) is 18.0. The van der Waals surface area contributed by atoms with Crippen LogP contribution in [-0.2, 0) is 22.8 Å². The van der Waals surface area contributed by atoms with Gasteiger partial charge in [0.2, 0.25) is 0 Å². The van der Waals surface area contributed by atoms with Crippen molar-refractivity contribution in [1.82, 2.24) is 4.90 Å². The van der Waals surface area contributed by atoms with Crippen LogP contribution in [0.5, 0.6) is 11.5 Å². The number of hydrogen-bond acceptors (Lipinski definition) is 6. The highest BCUT2D eigenvalue weighted by molar-refractivity contribution is 8.18. The van der Waals surface area contributed by atoms with E-state index in [2.05, 4.69) is 0 Å². The van der Waals surface area contributed by atoms with Crippen LogP contribution in [0.3, 0.4) is 0 Å². The number of ether oxygens (including phenoxy) is 2. The molecule has 172 valence electrons. The molecule has 0 aromatic heterocycles. The van der Waals surface area contributed by atoms with Crippen molar-refractivity contribution < 1.29 is 29.0 Å². The minimum Gasteiger partial charge on any atom is -0.485 e. The first-order valence-electron chi connectivity index (χ1n) is 10.4. The molecule has 1 fully saturated rings. The fourth-order valence-electron chi connectivity index (χ4n) is 3.24. The number of aliphatic carboxylic acids is 1. The van der Waals surface area contributed by atoms with Crippen molar-refractivity contribution in [3.8, 4) is 11.5 Å². The number of carbonyl (C=O) groups excluding carboxylic acids is 2. The van der Waals surface area contributed by atoms with Gasteiger partial charge in [-0.1, -0.05) is 66.7 Å². The lowest BCUT2D eigenvalue weighted by Crippen LogP contribution is -2.33. The molecule has 2 amide bonds. The maximum absolute atomic E-state index is 12.5. The van der Waals surface area contributed by atoms with Gasteiger partial charge >= 0.3 is 5.97 Å². The van der Waals surface area contributed by atoms with Gasteiger partial charge in [-0.2, -0.15) is 0 Å². The predicted octanol–water partition coefficient (Wildman–Crippen LogP) is 4.97. The minimum absolute atomic E-state index is 0.151. The van der Waals surface area contributed by atoms with Gasteiger partial charge in [-0.3, -0.25) is 19.3 Å². The lowest BCUT2D eigenvalue weighted by Gasteiger charge is -2.14. The van der Waals surface area contributed by atoms with Crippen LogP contribution in [0, 0.1) is 0 Å². The van der Waals surface area contributed by atoms with E-state index in [0.717, 1.165) is 11.1 Å². The Morgan fingerprint density at radius 2 is 1.44 bits per heavy atom. The molecule has 3 aromatic carbocycles. The molecule has 34 heavy (non-hydrogen) atoms. The standard InChI is InChI=1S/C26H21NO6S/c28-24(29)15-27-25(30)23(34-26(27)31)14-20-11-12-21(32-16-18-7-3-1-4-8-18)22(13-20)33-17-19-9-5-2-6-10-19/h1-14H,15-17H2,(H,28,29)/b23-14-. The molecule has 1 saturated heterocycles. The zero-order valence-corrected chi connectivity index (χ0v) is 18.9. The fourth-order valence-corrected chi connectivity index (χ4v) is 4.08. The number of hydrogen-bond donors (Lipinski definition) is 1. The lowest BCUT2D eigenvalue weighted by atomic mass is 10.1. The highest BCUT2D eigenvalue weighted by Gasteiger charge is 2.36. The minimum atomic E-state index is -1.25. The molecule has 0 saturated carbocycles. The van der Waals surface area contributed by atoms with E-state index in [1.807, 2.05) is 60.7 Å². The molecule has 1 aliphatic rings. The van der Waals surface area contributed by atoms with Crippen molar-refractivity contribution in [2.45, 2.75) is 13.2 Å². The van der Waals surface area contributed by atoms with E-state index in [4.69, 9.17) is 14.6 Å². The topological polar surface area (TPSA) is 93.1 Å². The largest absolute Gasteiger partial charge is 0.485 e. The Hall–Kier alpha value is -4.04. The Labute approximate surface area is 200 Å². The van der Waals surface area contributed by atoms with Gasteiger partial charge in [0.05, 0.1) is 4.91 Å². The second-order valence-corrected chi connectivity index (χ2v) is 8.41. The monoisotopic (exact) mass is 475 g/mol. The number of thioether (sulfide) groups is 1. The van der Waals surface area contributed by atoms with Gasteiger partial charge < -0.3 is 14.6 Å². The molecule has 0 spiro atoms. The molecule has 3 aromatic rings. The highest BCUT2D eigenvalue weighted by Crippen LogP contribution is 2.35.